The van der Waals surface area contributed by atoms with E-state index in [1.165, 1.54) is 19.3 Å². The highest BCUT2D eigenvalue weighted by Gasteiger charge is 2.25. The van der Waals surface area contributed by atoms with Gasteiger partial charge in [0.15, 0.2) is 5.96 Å². The van der Waals surface area contributed by atoms with Crippen LogP contribution >= 0.6 is 24.0 Å². The summed E-state index contributed by atoms with van der Waals surface area (Å²) in [5, 5.41) is 6.41. The molecule has 156 valence electrons. The molecule has 0 bridgehead atoms. The normalized spacial score (nSPS) is 16.7. The van der Waals surface area contributed by atoms with Gasteiger partial charge in [-0.05, 0) is 49.3 Å². The summed E-state index contributed by atoms with van der Waals surface area (Å²) in [6.45, 7) is 3.08. The number of amides is 1. The summed E-state index contributed by atoms with van der Waals surface area (Å²) in [4.78, 5) is 18.5. The fourth-order valence-electron chi connectivity index (χ4n) is 3.08. The molecule has 0 aliphatic heterocycles. The highest BCUT2D eigenvalue weighted by Crippen LogP contribution is 2.29. The topological polar surface area (TPSA) is 66.0 Å². The average Bonchev–Trinajstić information content (AvgIpc) is 3.42. The van der Waals surface area contributed by atoms with Gasteiger partial charge in [0.1, 0.15) is 0 Å². The largest absolute Gasteiger partial charge is 0.379 e. The summed E-state index contributed by atoms with van der Waals surface area (Å²) >= 11 is 0. The third-order valence-corrected chi connectivity index (χ3v) is 5.32. The Balaban J connectivity index is 0.00000280. The molecule has 0 unspecified atom stereocenters. The first-order valence-electron chi connectivity index (χ1n) is 10.0. The minimum absolute atomic E-state index is 0. The van der Waals surface area contributed by atoms with Gasteiger partial charge in [-0.2, -0.15) is 0 Å². The van der Waals surface area contributed by atoms with Crippen LogP contribution in [0.25, 0.3) is 0 Å². The molecule has 1 aromatic rings. The smallest absolute Gasteiger partial charge is 0.227 e. The van der Waals surface area contributed by atoms with Gasteiger partial charge in [-0.1, -0.05) is 18.6 Å². The number of anilines is 1. The molecule has 0 atom stereocenters. The van der Waals surface area contributed by atoms with Crippen LogP contribution < -0.4 is 10.6 Å². The molecule has 2 fully saturated rings. The van der Waals surface area contributed by atoms with Crippen molar-refractivity contribution in [2.45, 2.75) is 38.6 Å². The van der Waals surface area contributed by atoms with E-state index in [0.717, 1.165) is 55.7 Å². The molecule has 1 aromatic carbocycles. The Morgan fingerprint density at radius 3 is 2.71 bits per heavy atom. The molecule has 1 amide bonds. The van der Waals surface area contributed by atoms with Crippen molar-refractivity contribution >= 4 is 41.5 Å². The standard InChI is InChI=1S/C21H32N4O2.HI/c1-22-21(25(2)11-12-27-15-16-9-10-16)23-14-17-5-3-8-19(13-17)24-20(26)18-6-4-7-18;/h3,5,8,13,16,18H,4,6-7,9-12,14-15H2,1-2H3,(H,22,23)(H,24,26);1H. The van der Waals surface area contributed by atoms with E-state index in [0.29, 0.717) is 6.54 Å². The molecule has 0 spiro atoms. The van der Waals surface area contributed by atoms with E-state index in [-0.39, 0.29) is 35.8 Å². The van der Waals surface area contributed by atoms with Crippen LogP contribution in [0.3, 0.4) is 0 Å². The Kier molecular flexibility index (Phi) is 9.50. The minimum atomic E-state index is 0. The van der Waals surface area contributed by atoms with Crippen molar-refractivity contribution < 1.29 is 9.53 Å². The fraction of sp³-hybridized carbons (Fsp3) is 0.619. The van der Waals surface area contributed by atoms with Gasteiger partial charge >= 0.3 is 0 Å². The second-order valence-corrected chi connectivity index (χ2v) is 7.66. The molecule has 0 aromatic heterocycles. The van der Waals surface area contributed by atoms with Crippen LogP contribution in [0.4, 0.5) is 5.69 Å². The summed E-state index contributed by atoms with van der Waals surface area (Å²) < 4.78 is 5.71. The van der Waals surface area contributed by atoms with Crippen LogP contribution in [0.1, 0.15) is 37.7 Å². The van der Waals surface area contributed by atoms with E-state index in [1.54, 1.807) is 7.05 Å². The fourth-order valence-corrected chi connectivity index (χ4v) is 3.08. The predicted octanol–water partition coefficient (Wildman–Crippen LogP) is 3.48. The maximum Gasteiger partial charge on any atom is 0.227 e. The first-order chi connectivity index (χ1) is 13.2. The van der Waals surface area contributed by atoms with Gasteiger partial charge in [0.25, 0.3) is 0 Å². The molecule has 0 radical (unpaired) electrons. The number of nitrogens with zero attached hydrogens (tertiary/aromatic N) is 2. The first kappa shape index (κ1) is 22.9. The molecule has 0 saturated heterocycles. The zero-order valence-corrected chi connectivity index (χ0v) is 19.3. The Morgan fingerprint density at radius 2 is 2.07 bits per heavy atom. The lowest BCUT2D eigenvalue weighted by Gasteiger charge is -2.24. The van der Waals surface area contributed by atoms with Gasteiger partial charge in [-0.25, -0.2) is 0 Å². The predicted molar refractivity (Wildman–Crippen MR) is 124 cm³/mol. The number of rotatable bonds is 9. The molecule has 3 rings (SSSR count). The van der Waals surface area contributed by atoms with Crippen LogP contribution in [0.2, 0.25) is 0 Å². The molecule has 2 aliphatic carbocycles. The number of nitrogens with one attached hydrogen (secondary N) is 2. The third-order valence-electron chi connectivity index (χ3n) is 5.32. The maximum absolute atomic E-state index is 12.1. The van der Waals surface area contributed by atoms with E-state index in [2.05, 4.69) is 26.6 Å². The first-order valence-corrected chi connectivity index (χ1v) is 10.0. The second kappa shape index (κ2) is 11.6. The highest BCUT2D eigenvalue weighted by molar-refractivity contribution is 14.0. The molecule has 2 N–H and O–H groups in total. The van der Waals surface area contributed by atoms with Gasteiger partial charge in [0, 0.05) is 45.4 Å². The maximum atomic E-state index is 12.1. The molecule has 6 nitrogen and oxygen atoms in total. The van der Waals surface area contributed by atoms with Crippen molar-refractivity contribution in [2.75, 3.05) is 39.2 Å². The zero-order valence-electron chi connectivity index (χ0n) is 16.9. The van der Waals surface area contributed by atoms with Gasteiger partial charge in [0.05, 0.1) is 6.61 Å². The van der Waals surface area contributed by atoms with E-state index in [1.807, 2.05) is 25.2 Å². The van der Waals surface area contributed by atoms with Crippen LogP contribution in [0.15, 0.2) is 29.3 Å². The number of likely N-dealkylation sites (N-methyl/N-ethyl adjacent to an activating group) is 1. The van der Waals surface area contributed by atoms with Crippen LogP contribution in [0.5, 0.6) is 0 Å². The SMILES string of the molecule is CN=C(NCc1cccc(NC(=O)C2CCC2)c1)N(C)CCOCC1CC1.I. The average molecular weight is 500 g/mol. The molecule has 7 heteroatoms. The van der Waals surface area contributed by atoms with E-state index in [4.69, 9.17) is 4.74 Å². The Bertz CT molecular complexity index is 660. The lowest BCUT2D eigenvalue weighted by molar-refractivity contribution is -0.122. The summed E-state index contributed by atoms with van der Waals surface area (Å²) in [7, 11) is 3.81. The number of halogens is 1. The van der Waals surface area contributed by atoms with E-state index >= 15 is 0 Å². The van der Waals surface area contributed by atoms with Crippen molar-refractivity contribution in [3.8, 4) is 0 Å². The zero-order chi connectivity index (χ0) is 19.1. The second-order valence-electron chi connectivity index (χ2n) is 7.66. The number of guanidine groups is 1. The Morgan fingerprint density at radius 1 is 1.29 bits per heavy atom. The number of ether oxygens (including phenoxy) is 1. The molecular weight excluding hydrogens is 467 g/mol. The lowest BCUT2D eigenvalue weighted by atomic mass is 9.85. The van der Waals surface area contributed by atoms with Crippen molar-refractivity contribution in [1.29, 1.82) is 0 Å². The van der Waals surface area contributed by atoms with Gasteiger partial charge in [-0.3, -0.25) is 9.79 Å². The van der Waals surface area contributed by atoms with E-state index < -0.39 is 0 Å². The monoisotopic (exact) mass is 500 g/mol. The summed E-state index contributed by atoms with van der Waals surface area (Å²) in [5.74, 6) is 1.98. The number of hydrogen-bond acceptors (Lipinski definition) is 3. The number of carbonyl (C=O) groups excluding carboxylic acids is 1. The number of hydrogen-bond donors (Lipinski definition) is 2. The number of carbonyl (C=O) groups is 1. The highest BCUT2D eigenvalue weighted by atomic mass is 127. The lowest BCUT2D eigenvalue weighted by Crippen LogP contribution is -2.40. The molecule has 28 heavy (non-hydrogen) atoms. The molecule has 0 heterocycles. The summed E-state index contributed by atoms with van der Waals surface area (Å²) in [5.41, 5.74) is 1.98. The van der Waals surface area contributed by atoms with Crippen molar-refractivity contribution in [2.24, 2.45) is 16.8 Å². The van der Waals surface area contributed by atoms with Gasteiger partial charge in [-0.15, -0.1) is 24.0 Å². The van der Waals surface area contributed by atoms with Crippen molar-refractivity contribution in [3.63, 3.8) is 0 Å². The van der Waals surface area contributed by atoms with Gasteiger partial charge < -0.3 is 20.3 Å². The third kappa shape index (κ3) is 7.24. The van der Waals surface area contributed by atoms with Crippen LogP contribution in [-0.4, -0.2) is 50.6 Å². The Labute approximate surface area is 185 Å². The quantitative estimate of drug-likeness (QED) is 0.236. The van der Waals surface area contributed by atoms with Crippen LogP contribution in [0, 0.1) is 11.8 Å². The molecular formula is C21H33IN4O2. The molecule has 2 saturated carbocycles. The summed E-state index contributed by atoms with van der Waals surface area (Å²) in [6, 6.07) is 8.00. The minimum Gasteiger partial charge on any atom is -0.379 e. The van der Waals surface area contributed by atoms with Crippen molar-refractivity contribution in [1.82, 2.24) is 10.2 Å². The van der Waals surface area contributed by atoms with Crippen LogP contribution in [-0.2, 0) is 16.1 Å². The van der Waals surface area contributed by atoms with Gasteiger partial charge in [0.2, 0.25) is 5.91 Å². The number of aliphatic imine (C=N–C) groups is 1. The van der Waals surface area contributed by atoms with E-state index in [9.17, 15) is 4.79 Å². The van der Waals surface area contributed by atoms with Crippen molar-refractivity contribution in [3.05, 3.63) is 29.8 Å². The molecule has 2 aliphatic rings. The Hall–Kier alpha value is -1.35. The number of benzene rings is 1. The summed E-state index contributed by atoms with van der Waals surface area (Å²) in [6.07, 6.45) is 5.83.